The van der Waals surface area contributed by atoms with Gasteiger partial charge in [0.2, 0.25) is 5.91 Å². The Morgan fingerprint density at radius 1 is 1.44 bits per heavy atom. The Morgan fingerprint density at radius 2 is 2.17 bits per heavy atom. The quantitative estimate of drug-likeness (QED) is 0.924. The average Bonchev–Trinajstić information content (AvgIpc) is 2.31. The van der Waals surface area contributed by atoms with E-state index >= 15 is 0 Å². The third-order valence-corrected chi connectivity index (χ3v) is 3.80. The van der Waals surface area contributed by atoms with E-state index in [1.165, 1.54) is 5.56 Å². The van der Waals surface area contributed by atoms with Crippen LogP contribution in [-0.2, 0) is 11.3 Å². The number of nitrogens with two attached hydrogens (primary N) is 1. The van der Waals surface area contributed by atoms with Gasteiger partial charge in [-0.15, -0.1) is 0 Å². The Labute approximate surface area is 116 Å². The lowest BCUT2D eigenvalue weighted by atomic mass is 9.93. The molecule has 0 aromatic carbocycles. The summed E-state index contributed by atoms with van der Waals surface area (Å²) in [6.07, 6.45) is 6.35. The highest BCUT2D eigenvalue weighted by Crippen LogP contribution is 2.21. The third-order valence-electron chi connectivity index (χ3n) is 3.36. The van der Waals surface area contributed by atoms with Gasteiger partial charge in [-0.05, 0) is 59.4 Å². The van der Waals surface area contributed by atoms with E-state index in [0.29, 0.717) is 12.3 Å². The van der Waals surface area contributed by atoms with Crippen molar-refractivity contribution in [2.75, 3.05) is 13.1 Å². The summed E-state index contributed by atoms with van der Waals surface area (Å²) >= 11 is 3.43. The van der Waals surface area contributed by atoms with Crippen LogP contribution in [0.5, 0.6) is 0 Å². The number of piperidine rings is 1. The van der Waals surface area contributed by atoms with Crippen molar-refractivity contribution in [2.24, 2.45) is 11.7 Å². The number of nitrogens with zero attached hydrogens (tertiary/aromatic N) is 2. The van der Waals surface area contributed by atoms with Crippen molar-refractivity contribution in [1.29, 1.82) is 0 Å². The number of primary amides is 1. The van der Waals surface area contributed by atoms with Crippen molar-refractivity contribution in [2.45, 2.75) is 25.8 Å². The Balaban J connectivity index is 1.81. The number of rotatable bonds is 4. The number of halogens is 1. The minimum absolute atomic E-state index is 0.176. The van der Waals surface area contributed by atoms with E-state index in [9.17, 15) is 4.79 Å². The van der Waals surface area contributed by atoms with Crippen LogP contribution in [0.4, 0.5) is 0 Å². The van der Waals surface area contributed by atoms with Crippen molar-refractivity contribution in [3.8, 4) is 0 Å². The topological polar surface area (TPSA) is 59.2 Å². The molecule has 0 radical (unpaired) electrons. The van der Waals surface area contributed by atoms with Crippen LogP contribution >= 0.6 is 15.9 Å². The number of carbonyl (C=O) groups excluding carboxylic acids is 1. The smallest absolute Gasteiger partial charge is 0.217 e. The molecule has 0 bridgehead atoms. The number of likely N-dealkylation sites (tertiary alicyclic amines) is 1. The van der Waals surface area contributed by atoms with Crippen LogP contribution in [-0.4, -0.2) is 28.9 Å². The molecule has 18 heavy (non-hydrogen) atoms. The van der Waals surface area contributed by atoms with Gasteiger partial charge in [0.1, 0.15) is 0 Å². The van der Waals surface area contributed by atoms with Gasteiger partial charge in [-0.3, -0.25) is 14.7 Å². The first-order chi connectivity index (χ1) is 8.63. The summed E-state index contributed by atoms with van der Waals surface area (Å²) in [5, 5.41) is 0. The predicted molar refractivity (Wildman–Crippen MR) is 73.7 cm³/mol. The zero-order valence-electron chi connectivity index (χ0n) is 10.3. The molecule has 98 valence electrons. The Bertz CT molecular complexity index is 416. The molecule has 0 atom stereocenters. The van der Waals surface area contributed by atoms with Crippen LogP contribution < -0.4 is 5.73 Å². The molecule has 2 rings (SSSR count). The molecular weight excluding hydrogens is 294 g/mol. The second-order valence-corrected chi connectivity index (χ2v) is 5.82. The first kappa shape index (κ1) is 13.5. The van der Waals surface area contributed by atoms with Crippen LogP contribution in [0.25, 0.3) is 0 Å². The first-order valence-corrected chi connectivity index (χ1v) is 7.03. The van der Waals surface area contributed by atoms with E-state index in [2.05, 4.69) is 31.9 Å². The van der Waals surface area contributed by atoms with Crippen LogP contribution in [0.1, 0.15) is 24.8 Å². The SMILES string of the molecule is NC(=O)CC1CCN(Cc2cncc(Br)c2)CC1. The van der Waals surface area contributed by atoms with Crippen molar-refractivity contribution < 1.29 is 4.79 Å². The lowest BCUT2D eigenvalue weighted by Crippen LogP contribution is -2.34. The van der Waals surface area contributed by atoms with E-state index in [1.807, 2.05) is 6.20 Å². The van der Waals surface area contributed by atoms with Gasteiger partial charge < -0.3 is 5.73 Å². The number of aromatic nitrogens is 1. The summed E-state index contributed by atoms with van der Waals surface area (Å²) in [5.41, 5.74) is 6.45. The summed E-state index contributed by atoms with van der Waals surface area (Å²) in [6.45, 7) is 2.99. The highest BCUT2D eigenvalue weighted by Gasteiger charge is 2.20. The molecule has 0 spiro atoms. The zero-order valence-corrected chi connectivity index (χ0v) is 11.9. The fourth-order valence-corrected chi connectivity index (χ4v) is 2.85. The predicted octanol–water partition coefficient (Wildman–Crippen LogP) is 1.93. The fourth-order valence-electron chi connectivity index (χ4n) is 2.43. The molecule has 1 fully saturated rings. The molecule has 1 amide bonds. The molecule has 0 saturated carbocycles. The lowest BCUT2D eigenvalue weighted by molar-refractivity contribution is -0.119. The maximum Gasteiger partial charge on any atom is 0.217 e. The summed E-state index contributed by atoms with van der Waals surface area (Å²) in [6, 6.07) is 2.10. The van der Waals surface area contributed by atoms with Gasteiger partial charge in [0, 0.05) is 29.8 Å². The monoisotopic (exact) mass is 311 g/mol. The second kappa shape index (κ2) is 6.29. The van der Waals surface area contributed by atoms with Gasteiger partial charge in [0.15, 0.2) is 0 Å². The normalized spacial score (nSPS) is 17.8. The molecule has 1 aromatic rings. The van der Waals surface area contributed by atoms with Gasteiger partial charge in [-0.1, -0.05) is 0 Å². The fraction of sp³-hybridized carbons (Fsp3) is 0.538. The number of hydrogen-bond acceptors (Lipinski definition) is 3. The van der Waals surface area contributed by atoms with Crippen LogP contribution in [0.15, 0.2) is 22.9 Å². The molecule has 1 saturated heterocycles. The van der Waals surface area contributed by atoms with Crippen molar-refractivity contribution in [3.05, 3.63) is 28.5 Å². The number of hydrogen-bond donors (Lipinski definition) is 1. The summed E-state index contributed by atoms with van der Waals surface area (Å²) < 4.78 is 1.02. The maximum atomic E-state index is 10.9. The molecule has 1 aromatic heterocycles. The van der Waals surface area contributed by atoms with Crippen LogP contribution in [0.2, 0.25) is 0 Å². The molecule has 1 aliphatic rings. The highest BCUT2D eigenvalue weighted by molar-refractivity contribution is 9.10. The molecule has 0 aliphatic carbocycles. The zero-order chi connectivity index (χ0) is 13.0. The Hall–Kier alpha value is -0.940. The second-order valence-electron chi connectivity index (χ2n) is 4.90. The van der Waals surface area contributed by atoms with Gasteiger partial charge >= 0.3 is 0 Å². The lowest BCUT2D eigenvalue weighted by Gasteiger charge is -2.31. The average molecular weight is 312 g/mol. The Kier molecular flexibility index (Phi) is 4.72. The molecule has 0 unspecified atom stereocenters. The number of amides is 1. The van der Waals surface area contributed by atoms with Gasteiger partial charge in [-0.25, -0.2) is 0 Å². The molecule has 5 heteroatoms. The van der Waals surface area contributed by atoms with E-state index in [1.54, 1.807) is 6.20 Å². The van der Waals surface area contributed by atoms with Crippen molar-refractivity contribution in [1.82, 2.24) is 9.88 Å². The van der Waals surface area contributed by atoms with Crippen molar-refractivity contribution >= 4 is 21.8 Å². The molecule has 2 heterocycles. The molecule has 4 nitrogen and oxygen atoms in total. The first-order valence-electron chi connectivity index (χ1n) is 6.23. The van der Waals surface area contributed by atoms with Gasteiger partial charge in [-0.2, -0.15) is 0 Å². The van der Waals surface area contributed by atoms with Gasteiger partial charge in [0.25, 0.3) is 0 Å². The van der Waals surface area contributed by atoms with E-state index in [-0.39, 0.29) is 5.91 Å². The van der Waals surface area contributed by atoms with E-state index < -0.39 is 0 Å². The minimum atomic E-state index is -0.176. The number of pyridine rings is 1. The van der Waals surface area contributed by atoms with Crippen LogP contribution in [0.3, 0.4) is 0 Å². The minimum Gasteiger partial charge on any atom is -0.370 e. The standard InChI is InChI=1S/C13H18BrN3O/c14-12-5-11(7-16-8-12)9-17-3-1-10(2-4-17)6-13(15)18/h5,7-8,10H,1-4,6,9H2,(H2,15,18). The Morgan fingerprint density at radius 3 is 2.78 bits per heavy atom. The summed E-state index contributed by atoms with van der Waals surface area (Å²) in [7, 11) is 0. The maximum absolute atomic E-state index is 10.9. The largest absolute Gasteiger partial charge is 0.370 e. The highest BCUT2D eigenvalue weighted by atomic mass is 79.9. The molecule has 1 aliphatic heterocycles. The third kappa shape index (κ3) is 4.07. The summed E-state index contributed by atoms with van der Waals surface area (Å²) in [4.78, 5) is 17.4. The molecule has 2 N–H and O–H groups in total. The summed E-state index contributed by atoms with van der Waals surface area (Å²) in [5.74, 6) is 0.295. The van der Waals surface area contributed by atoms with E-state index in [0.717, 1.165) is 36.9 Å². The van der Waals surface area contributed by atoms with Gasteiger partial charge in [0.05, 0.1) is 0 Å². The van der Waals surface area contributed by atoms with Crippen LogP contribution in [0, 0.1) is 5.92 Å². The van der Waals surface area contributed by atoms with E-state index in [4.69, 9.17) is 5.73 Å². The molecular formula is C13H18BrN3O. The number of carbonyl (C=O) groups is 1. The van der Waals surface area contributed by atoms with Crippen molar-refractivity contribution in [3.63, 3.8) is 0 Å².